The molecule has 0 aliphatic carbocycles. The highest BCUT2D eigenvalue weighted by Gasteiger charge is 2.14. The van der Waals surface area contributed by atoms with E-state index in [1.54, 1.807) is 18.2 Å². The lowest BCUT2D eigenvalue weighted by Crippen LogP contribution is -2.09. The summed E-state index contributed by atoms with van der Waals surface area (Å²) in [4.78, 5) is 15.4. The normalized spacial score (nSPS) is 11.3. The molecule has 4 heteroatoms. The molecule has 0 aliphatic rings. The van der Waals surface area contributed by atoms with Crippen LogP contribution in [0.4, 0.5) is 0 Å². The predicted molar refractivity (Wildman–Crippen MR) is 112 cm³/mol. The molecular weight excluding hydrogens is 358 g/mol. The highest BCUT2D eigenvalue weighted by molar-refractivity contribution is 6.31. The molecule has 1 aromatic heterocycles. The van der Waals surface area contributed by atoms with Crippen LogP contribution in [-0.4, -0.2) is 10.1 Å². The smallest absolute Gasteiger partial charge is 0.260 e. The lowest BCUT2D eigenvalue weighted by molar-refractivity contribution is 0.482. The number of aromatic hydroxyl groups is 1. The minimum atomic E-state index is -0.355. The van der Waals surface area contributed by atoms with Crippen molar-refractivity contribution in [1.29, 1.82) is 0 Å². The zero-order chi connectivity index (χ0) is 18.8. The van der Waals surface area contributed by atoms with Crippen LogP contribution in [0.2, 0.25) is 5.02 Å². The molecule has 0 aliphatic heterocycles. The first-order valence-corrected chi connectivity index (χ1v) is 8.88. The van der Waals surface area contributed by atoms with Gasteiger partial charge in [-0.15, -0.1) is 0 Å². The SMILES string of the molecule is O=c1[nH]c2cc(Cl)ccc2c(O)c1-c1cccc(/C=C\c2ccccc2)c1. The number of nitrogens with one attached hydrogen (secondary N) is 1. The minimum absolute atomic E-state index is 0.0467. The van der Waals surface area contributed by atoms with Crippen molar-refractivity contribution >= 4 is 34.7 Å². The van der Waals surface area contributed by atoms with Gasteiger partial charge in [-0.2, -0.15) is 0 Å². The van der Waals surface area contributed by atoms with Crippen molar-refractivity contribution in [3.8, 4) is 16.9 Å². The second kappa shape index (κ2) is 7.14. The molecular formula is C23H16ClNO2. The van der Waals surface area contributed by atoms with E-state index in [1.165, 1.54) is 0 Å². The molecule has 0 saturated heterocycles. The largest absolute Gasteiger partial charge is 0.506 e. The average molecular weight is 374 g/mol. The maximum Gasteiger partial charge on any atom is 0.260 e. The summed E-state index contributed by atoms with van der Waals surface area (Å²) in [6.07, 6.45) is 3.98. The molecule has 0 radical (unpaired) electrons. The summed E-state index contributed by atoms with van der Waals surface area (Å²) in [6.45, 7) is 0. The number of halogens is 1. The van der Waals surface area contributed by atoms with Crippen molar-refractivity contribution in [3.05, 3.63) is 99.3 Å². The fraction of sp³-hybridized carbons (Fsp3) is 0. The number of benzene rings is 3. The van der Waals surface area contributed by atoms with Crippen LogP contribution in [0.5, 0.6) is 5.75 Å². The molecule has 0 fully saturated rings. The van der Waals surface area contributed by atoms with E-state index in [9.17, 15) is 9.90 Å². The lowest BCUT2D eigenvalue weighted by Gasteiger charge is -2.08. The molecule has 27 heavy (non-hydrogen) atoms. The number of hydrogen-bond acceptors (Lipinski definition) is 2. The van der Waals surface area contributed by atoms with Crippen LogP contribution < -0.4 is 5.56 Å². The third kappa shape index (κ3) is 3.50. The van der Waals surface area contributed by atoms with Crippen LogP contribution in [0.25, 0.3) is 34.2 Å². The summed E-state index contributed by atoms with van der Waals surface area (Å²) in [5, 5.41) is 11.7. The molecule has 0 amide bonds. The molecule has 0 bridgehead atoms. The summed E-state index contributed by atoms with van der Waals surface area (Å²) in [7, 11) is 0. The second-order valence-corrected chi connectivity index (χ2v) is 6.67. The maximum absolute atomic E-state index is 12.6. The number of hydrogen-bond donors (Lipinski definition) is 2. The average Bonchev–Trinajstić information content (AvgIpc) is 2.67. The number of H-pyrrole nitrogens is 1. The van der Waals surface area contributed by atoms with E-state index >= 15 is 0 Å². The van der Waals surface area contributed by atoms with Gasteiger partial charge in [-0.25, -0.2) is 0 Å². The van der Waals surface area contributed by atoms with E-state index in [4.69, 9.17) is 11.6 Å². The molecule has 3 aromatic carbocycles. The third-order valence-electron chi connectivity index (χ3n) is 4.39. The Hall–Kier alpha value is -3.30. The molecule has 0 unspecified atom stereocenters. The summed E-state index contributed by atoms with van der Waals surface area (Å²) >= 11 is 5.97. The van der Waals surface area contributed by atoms with Gasteiger partial charge in [-0.05, 0) is 41.0 Å². The first-order chi connectivity index (χ1) is 13.1. The van der Waals surface area contributed by atoms with Gasteiger partial charge in [0.25, 0.3) is 5.56 Å². The van der Waals surface area contributed by atoms with Crippen LogP contribution in [-0.2, 0) is 0 Å². The number of fused-ring (bicyclic) bond motifs is 1. The van der Waals surface area contributed by atoms with Crippen molar-refractivity contribution in [3.63, 3.8) is 0 Å². The lowest BCUT2D eigenvalue weighted by atomic mass is 10.0. The Morgan fingerprint density at radius 1 is 0.852 bits per heavy atom. The highest BCUT2D eigenvalue weighted by Crippen LogP contribution is 2.33. The van der Waals surface area contributed by atoms with Crippen molar-refractivity contribution < 1.29 is 5.11 Å². The summed E-state index contributed by atoms with van der Waals surface area (Å²) in [6, 6.07) is 22.5. The maximum atomic E-state index is 12.6. The van der Waals surface area contributed by atoms with Gasteiger partial charge in [0.15, 0.2) is 0 Å². The van der Waals surface area contributed by atoms with E-state index in [2.05, 4.69) is 4.98 Å². The predicted octanol–water partition coefficient (Wildman–Crippen LogP) is 5.72. The van der Waals surface area contributed by atoms with Crippen LogP contribution in [0.15, 0.2) is 77.6 Å². The van der Waals surface area contributed by atoms with Gasteiger partial charge in [0.1, 0.15) is 5.75 Å². The summed E-state index contributed by atoms with van der Waals surface area (Å²) in [5.74, 6) is -0.0467. The van der Waals surface area contributed by atoms with E-state index in [1.807, 2.05) is 66.7 Å². The summed E-state index contributed by atoms with van der Waals surface area (Å²) in [5.41, 5.74) is 3.08. The Balaban J connectivity index is 1.79. The monoisotopic (exact) mass is 373 g/mol. The number of aromatic amines is 1. The minimum Gasteiger partial charge on any atom is -0.506 e. The Bertz CT molecular complexity index is 1210. The number of aromatic nitrogens is 1. The molecule has 2 N–H and O–H groups in total. The fourth-order valence-corrected chi connectivity index (χ4v) is 3.25. The molecule has 0 saturated carbocycles. The molecule has 4 aromatic rings. The van der Waals surface area contributed by atoms with Gasteiger partial charge in [0.2, 0.25) is 0 Å². The van der Waals surface area contributed by atoms with Gasteiger partial charge >= 0.3 is 0 Å². The first-order valence-electron chi connectivity index (χ1n) is 8.50. The van der Waals surface area contributed by atoms with E-state index in [-0.39, 0.29) is 16.9 Å². The zero-order valence-corrected chi connectivity index (χ0v) is 15.1. The van der Waals surface area contributed by atoms with Gasteiger partial charge in [-0.3, -0.25) is 4.79 Å². The van der Waals surface area contributed by atoms with E-state index < -0.39 is 0 Å². The highest BCUT2D eigenvalue weighted by atomic mass is 35.5. The van der Waals surface area contributed by atoms with Gasteiger partial charge in [0, 0.05) is 10.4 Å². The van der Waals surface area contributed by atoms with Crippen molar-refractivity contribution in [2.45, 2.75) is 0 Å². The second-order valence-electron chi connectivity index (χ2n) is 6.24. The van der Waals surface area contributed by atoms with E-state index in [0.29, 0.717) is 21.5 Å². The Kier molecular flexibility index (Phi) is 4.53. The summed E-state index contributed by atoms with van der Waals surface area (Å²) < 4.78 is 0. The van der Waals surface area contributed by atoms with Crippen LogP contribution >= 0.6 is 11.6 Å². The third-order valence-corrected chi connectivity index (χ3v) is 4.63. The van der Waals surface area contributed by atoms with Gasteiger partial charge < -0.3 is 10.1 Å². The topological polar surface area (TPSA) is 53.1 Å². The number of pyridine rings is 1. The van der Waals surface area contributed by atoms with E-state index in [0.717, 1.165) is 11.1 Å². The van der Waals surface area contributed by atoms with Crippen LogP contribution in [0.3, 0.4) is 0 Å². The van der Waals surface area contributed by atoms with Crippen molar-refractivity contribution in [2.75, 3.05) is 0 Å². The molecule has 0 atom stereocenters. The molecule has 0 spiro atoms. The fourth-order valence-electron chi connectivity index (χ4n) is 3.08. The first kappa shape index (κ1) is 17.1. The zero-order valence-electron chi connectivity index (χ0n) is 14.3. The van der Waals surface area contributed by atoms with Gasteiger partial charge in [-0.1, -0.05) is 72.3 Å². The quantitative estimate of drug-likeness (QED) is 0.451. The molecule has 132 valence electrons. The van der Waals surface area contributed by atoms with Crippen LogP contribution in [0.1, 0.15) is 11.1 Å². The molecule has 4 rings (SSSR count). The molecule has 3 nitrogen and oxygen atoms in total. The Morgan fingerprint density at radius 3 is 2.41 bits per heavy atom. The van der Waals surface area contributed by atoms with Crippen molar-refractivity contribution in [1.82, 2.24) is 4.98 Å². The standard InChI is InChI=1S/C23H16ClNO2/c24-18-11-12-19-20(14-18)25-23(27)21(22(19)26)17-8-4-7-16(13-17)10-9-15-5-2-1-3-6-15/h1-14H,(H2,25,26,27)/b10-9-. The van der Waals surface area contributed by atoms with Crippen molar-refractivity contribution in [2.24, 2.45) is 0 Å². The van der Waals surface area contributed by atoms with Crippen LogP contribution in [0, 0.1) is 0 Å². The number of rotatable bonds is 3. The molecule has 1 heterocycles. The van der Waals surface area contributed by atoms with Gasteiger partial charge in [0.05, 0.1) is 11.1 Å². The Morgan fingerprint density at radius 2 is 1.59 bits per heavy atom. The Labute approximate surface area is 161 Å².